The second kappa shape index (κ2) is 7.44. The first-order valence-corrected chi connectivity index (χ1v) is 7.66. The topological polar surface area (TPSA) is 95.4 Å². The van der Waals surface area contributed by atoms with E-state index in [1.807, 2.05) is 30.3 Å². The van der Waals surface area contributed by atoms with E-state index in [9.17, 15) is 9.59 Å². The van der Waals surface area contributed by atoms with Gasteiger partial charge in [0.25, 0.3) is 0 Å². The monoisotopic (exact) mass is 336 g/mol. The third kappa shape index (κ3) is 4.32. The number of oxazole rings is 1. The number of rotatable bonds is 6. The number of ether oxygens (including phenoxy) is 1. The Kier molecular flexibility index (Phi) is 4.89. The lowest BCUT2D eigenvalue weighted by Gasteiger charge is -2.04. The molecule has 1 heterocycles. The number of nitrogens with two attached hydrogens (primary N) is 1. The summed E-state index contributed by atoms with van der Waals surface area (Å²) in [5.74, 6) is -0.443. The van der Waals surface area contributed by atoms with Crippen LogP contribution in [0.2, 0.25) is 0 Å². The van der Waals surface area contributed by atoms with Crippen molar-refractivity contribution in [3.8, 4) is 11.5 Å². The van der Waals surface area contributed by atoms with Crippen LogP contribution in [0.15, 0.2) is 65.3 Å². The van der Waals surface area contributed by atoms with Crippen LogP contribution in [-0.4, -0.2) is 16.9 Å². The van der Waals surface area contributed by atoms with Crippen molar-refractivity contribution in [2.45, 2.75) is 13.0 Å². The van der Waals surface area contributed by atoms with E-state index in [1.54, 1.807) is 24.3 Å². The van der Waals surface area contributed by atoms with E-state index >= 15 is 0 Å². The van der Waals surface area contributed by atoms with Crippen molar-refractivity contribution in [2.24, 2.45) is 5.73 Å². The van der Waals surface area contributed by atoms with Gasteiger partial charge in [0.2, 0.25) is 11.8 Å². The Labute approximate surface area is 144 Å². The quantitative estimate of drug-likeness (QED) is 0.698. The zero-order valence-corrected chi connectivity index (χ0v) is 13.3. The molecule has 0 spiro atoms. The first-order valence-electron chi connectivity index (χ1n) is 7.66. The summed E-state index contributed by atoms with van der Waals surface area (Å²) in [5, 5.41) is 0. The van der Waals surface area contributed by atoms with Crippen molar-refractivity contribution in [3.63, 3.8) is 0 Å². The molecule has 126 valence electrons. The highest BCUT2D eigenvalue weighted by Crippen LogP contribution is 2.18. The van der Waals surface area contributed by atoms with Gasteiger partial charge in [-0.3, -0.25) is 9.59 Å². The number of hydrogen-bond donors (Lipinski definition) is 1. The van der Waals surface area contributed by atoms with Crippen molar-refractivity contribution >= 4 is 11.9 Å². The third-order valence-corrected chi connectivity index (χ3v) is 3.54. The molecule has 1 amide bonds. The minimum atomic E-state index is -0.496. The summed E-state index contributed by atoms with van der Waals surface area (Å²) in [5.41, 5.74) is 7.70. The number of esters is 1. The number of benzene rings is 2. The van der Waals surface area contributed by atoms with E-state index in [-0.39, 0.29) is 13.0 Å². The first kappa shape index (κ1) is 16.4. The zero-order chi connectivity index (χ0) is 17.6. The van der Waals surface area contributed by atoms with E-state index in [4.69, 9.17) is 14.9 Å². The molecule has 0 unspecified atom stereocenters. The molecule has 0 aliphatic rings. The molecule has 0 atom stereocenters. The molecule has 0 radical (unpaired) electrons. The maximum Gasteiger partial charge on any atom is 0.312 e. The highest BCUT2D eigenvalue weighted by Gasteiger charge is 2.11. The molecule has 0 fully saturated rings. The molecular weight excluding hydrogens is 320 g/mol. The lowest BCUT2D eigenvalue weighted by Crippen LogP contribution is -2.11. The number of carbonyl (C=O) groups excluding carboxylic acids is 2. The molecule has 0 aliphatic heterocycles. The maximum absolute atomic E-state index is 11.9. The molecule has 1 aromatic heterocycles. The van der Waals surface area contributed by atoms with Gasteiger partial charge in [-0.2, -0.15) is 0 Å². The average molecular weight is 336 g/mol. The molecule has 2 N–H and O–H groups in total. The van der Waals surface area contributed by atoms with E-state index in [0.717, 1.165) is 11.1 Å². The fraction of sp³-hybridized carbons (Fsp3) is 0.105. The van der Waals surface area contributed by atoms with Gasteiger partial charge in [0.05, 0.1) is 12.1 Å². The maximum atomic E-state index is 11.9. The average Bonchev–Trinajstić information content (AvgIpc) is 3.09. The van der Waals surface area contributed by atoms with Crippen molar-refractivity contribution in [1.29, 1.82) is 0 Å². The van der Waals surface area contributed by atoms with Crippen LogP contribution in [-0.2, 0) is 22.6 Å². The molecule has 0 saturated carbocycles. The van der Waals surface area contributed by atoms with Gasteiger partial charge >= 0.3 is 5.97 Å². The van der Waals surface area contributed by atoms with E-state index in [0.29, 0.717) is 17.1 Å². The normalized spacial score (nSPS) is 10.4. The minimum Gasteiger partial charge on any atom is -0.461 e. The van der Waals surface area contributed by atoms with E-state index in [1.165, 1.54) is 6.26 Å². The highest BCUT2D eigenvalue weighted by atomic mass is 16.5. The number of amides is 1. The van der Waals surface area contributed by atoms with Gasteiger partial charge in [0.1, 0.15) is 12.9 Å². The Morgan fingerprint density at radius 2 is 1.76 bits per heavy atom. The van der Waals surface area contributed by atoms with E-state index < -0.39 is 11.9 Å². The SMILES string of the molecule is NC(=O)c1ccc(COC(=O)Cc2coc(-c3ccccc3)n2)cc1. The van der Waals surface area contributed by atoms with Gasteiger partial charge < -0.3 is 14.9 Å². The summed E-state index contributed by atoms with van der Waals surface area (Å²) >= 11 is 0. The Bertz CT molecular complexity index is 870. The van der Waals surface area contributed by atoms with Crippen LogP contribution >= 0.6 is 0 Å². The summed E-state index contributed by atoms with van der Waals surface area (Å²) in [7, 11) is 0. The standard InChI is InChI=1S/C19H16N2O4/c20-18(23)14-8-6-13(7-9-14)11-24-17(22)10-16-12-25-19(21-16)15-4-2-1-3-5-15/h1-9,12H,10-11H2,(H2,20,23). The summed E-state index contributed by atoms with van der Waals surface area (Å²) in [6.45, 7) is 0.112. The van der Waals surface area contributed by atoms with Crippen LogP contribution in [0.3, 0.4) is 0 Å². The molecule has 0 aliphatic carbocycles. The van der Waals surface area contributed by atoms with Gasteiger partial charge in [-0.25, -0.2) is 4.98 Å². The van der Waals surface area contributed by atoms with Crippen LogP contribution in [0.4, 0.5) is 0 Å². The lowest BCUT2D eigenvalue weighted by atomic mass is 10.1. The molecule has 25 heavy (non-hydrogen) atoms. The molecule has 0 bridgehead atoms. The molecule has 2 aromatic carbocycles. The first-order chi connectivity index (χ1) is 12.1. The molecule has 3 rings (SSSR count). The smallest absolute Gasteiger partial charge is 0.312 e. The molecule has 0 saturated heterocycles. The Morgan fingerprint density at radius 3 is 2.44 bits per heavy atom. The van der Waals surface area contributed by atoms with Crippen LogP contribution in [0, 0.1) is 0 Å². The molecule has 6 heteroatoms. The predicted molar refractivity (Wildman–Crippen MR) is 90.4 cm³/mol. The van der Waals surface area contributed by atoms with Gasteiger partial charge in [-0.15, -0.1) is 0 Å². The number of aromatic nitrogens is 1. The molecule has 6 nitrogen and oxygen atoms in total. The number of hydrogen-bond acceptors (Lipinski definition) is 5. The number of nitrogens with zero attached hydrogens (tertiary/aromatic N) is 1. The third-order valence-electron chi connectivity index (χ3n) is 3.54. The summed E-state index contributed by atoms with van der Waals surface area (Å²) < 4.78 is 10.6. The zero-order valence-electron chi connectivity index (χ0n) is 13.3. The predicted octanol–water partition coefficient (Wildman–Crippen LogP) is 2.73. The van der Waals surface area contributed by atoms with Crippen molar-refractivity contribution in [3.05, 3.63) is 77.7 Å². The number of primary amides is 1. The minimum absolute atomic E-state index is 0.0235. The van der Waals surface area contributed by atoms with Crippen molar-refractivity contribution < 1.29 is 18.7 Å². The Balaban J connectivity index is 1.54. The Morgan fingerprint density at radius 1 is 1.04 bits per heavy atom. The largest absolute Gasteiger partial charge is 0.461 e. The fourth-order valence-electron chi connectivity index (χ4n) is 2.23. The second-order valence-electron chi connectivity index (χ2n) is 5.41. The van der Waals surface area contributed by atoms with Gasteiger partial charge in [0, 0.05) is 11.1 Å². The highest BCUT2D eigenvalue weighted by molar-refractivity contribution is 5.92. The fourth-order valence-corrected chi connectivity index (χ4v) is 2.23. The summed E-state index contributed by atoms with van der Waals surface area (Å²) in [6, 6.07) is 16.0. The van der Waals surface area contributed by atoms with Gasteiger partial charge in [0.15, 0.2) is 0 Å². The number of carbonyl (C=O) groups is 2. The van der Waals surface area contributed by atoms with Gasteiger partial charge in [-0.05, 0) is 29.8 Å². The van der Waals surface area contributed by atoms with Crippen LogP contribution in [0.25, 0.3) is 11.5 Å². The van der Waals surface area contributed by atoms with Gasteiger partial charge in [-0.1, -0.05) is 30.3 Å². The van der Waals surface area contributed by atoms with E-state index in [2.05, 4.69) is 4.98 Å². The van der Waals surface area contributed by atoms with Crippen LogP contribution in [0.5, 0.6) is 0 Å². The Hall–Kier alpha value is -3.41. The van der Waals surface area contributed by atoms with Crippen molar-refractivity contribution in [1.82, 2.24) is 4.98 Å². The van der Waals surface area contributed by atoms with Crippen LogP contribution in [0.1, 0.15) is 21.6 Å². The summed E-state index contributed by atoms with van der Waals surface area (Å²) in [6.07, 6.45) is 1.47. The molecular formula is C19H16N2O4. The molecule has 3 aromatic rings. The second-order valence-corrected chi connectivity index (χ2v) is 5.41. The summed E-state index contributed by atoms with van der Waals surface area (Å²) in [4.78, 5) is 27.2. The lowest BCUT2D eigenvalue weighted by molar-refractivity contribution is -0.144. The van der Waals surface area contributed by atoms with Crippen LogP contribution < -0.4 is 5.73 Å². The van der Waals surface area contributed by atoms with Crippen molar-refractivity contribution in [2.75, 3.05) is 0 Å².